The van der Waals surface area contributed by atoms with Gasteiger partial charge in [-0.3, -0.25) is 0 Å². The Morgan fingerprint density at radius 2 is 1.57 bits per heavy atom. The van der Waals surface area contributed by atoms with Crippen molar-refractivity contribution in [2.75, 3.05) is 6.54 Å². The number of hydrogen-bond donors (Lipinski definition) is 0. The number of hydrogen-bond acceptors (Lipinski definition) is 1. The predicted octanol–water partition coefficient (Wildman–Crippen LogP) is 3.49. The summed E-state index contributed by atoms with van der Waals surface area (Å²) in [5, 5.41) is 8.27. The van der Waals surface area contributed by atoms with E-state index in [0.717, 1.165) is 25.7 Å². The summed E-state index contributed by atoms with van der Waals surface area (Å²) in [7, 11) is 0. The van der Waals surface area contributed by atoms with Crippen molar-refractivity contribution >= 4 is 0 Å². The Bertz CT molecular complexity index is 222. The molecule has 0 atom stereocenters. The second-order valence-electron chi connectivity index (χ2n) is 2.89. The van der Waals surface area contributed by atoms with E-state index >= 15 is 0 Å². The van der Waals surface area contributed by atoms with Crippen LogP contribution >= 0.6 is 0 Å². The molecule has 0 aromatic heterocycles. The van der Waals surface area contributed by atoms with Gasteiger partial charge in [-0.05, 0) is 19.3 Å². The van der Waals surface area contributed by atoms with E-state index in [-0.39, 0.29) is 0 Å². The minimum atomic E-state index is 0.592. The van der Waals surface area contributed by atoms with Crippen molar-refractivity contribution in [1.82, 2.24) is 0 Å². The highest BCUT2D eigenvalue weighted by molar-refractivity contribution is 4.90. The first-order valence-electron chi connectivity index (χ1n) is 4.92. The third-order valence-electron chi connectivity index (χ3n) is 1.66. The summed E-state index contributed by atoms with van der Waals surface area (Å²) in [5.74, 6) is 0. The van der Waals surface area contributed by atoms with Crippen LogP contribution in [-0.2, 0) is 0 Å². The second kappa shape index (κ2) is 11.5. The van der Waals surface area contributed by atoms with Gasteiger partial charge in [0.1, 0.15) is 0 Å². The molecule has 0 heterocycles. The Morgan fingerprint density at radius 3 is 2.14 bits per heavy atom. The molecule has 0 N–H and O–H groups in total. The topological polar surface area (TPSA) is 28.1 Å². The summed E-state index contributed by atoms with van der Waals surface area (Å²) in [4.78, 5) is 3.26. The largest absolute Gasteiger partial charge is 0.317 e. The second-order valence-corrected chi connectivity index (χ2v) is 2.89. The molecule has 2 nitrogen and oxygen atoms in total. The average Bonchev–Trinajstić information content (AvgIpc) is 2.21. The summed E-state index contributed by atoms with van der Waals surface area (Å²) >= 11 is 0. The number of nitriles is 1. The minimum Gasteiger partial charge on any atom is -0.317 e. The Kier molecular flexibility index (Phi) is 10.2. The van der Waals surface area contributed by atoms with E-state index in [1.807, 2.05) is 0 Å². The maximum atomic E-state index is 8.27. The van der Waals surface area contributed by atoms with Crippen LogP contribution in [0.3, 0.4) is 0 Å². The molecule has 0 spiro atoms. The fraction of sp³-hybridized carbons (Fsp3) is 0.500. The van der Waals surface area contributed by atoms with Gasteiger partial charge in [0, 0.05) is 12.8 Å². The van der Waals surface area contributed by atoms with E-state index < -0.39 is 0 Å². The quantitative estimate of drug-likeness (QED) is 0.341. The molecule has 2 heteroatoms. The highest BCUT2D eigenvalue weighted by Gasteiger charge is 1.81. The van der Waals surface area contributed by atoms with Gasteiger partial charge in [0.2, 0.25) is 6.54 Å². The van der Waals surface area contributed by atoms with E-state index in [1.54, 1.807) is 0 Å². The molecule has 0 aromatic rings. The molecular weight excluding hydrogens is 172 g/mol. The Hall–Kier alpha value is -1.54. The molecule has 0 bridgehead atoms. The smallest absolute Gasteiger partial charge is 0.218 e. The van der Waals surface area contributed by atoms with Crippen molar-refractivity contribution in [3.8, 4) is 6.07 Å². The highest BCUT2D eigenvalue weighted by Crippen LogP contribution is 1.97. The van der Waals surface area contributed by atoms with E-state index in [4.69, 9.17) is 11.8 Å². The van der Waals surface area contributed by atoms with E-state index in [2.05, 4.69) is 35.2 Å². The number of allylic oxidation sites excluding steroid dienone is 3. The van der Waals surface area contributed by atoms with Crippen LogP contribution in [0.5, 0.6) is 0 Å². The normalized spacial score (nSPS) is 10.4. The van der Waals surface area contributed by atoms with Crippen LogP contribution in [0.25, 0.3) is 4.85 Å². The van der Waals surface area contributed by atoms with Gasteiger partial charge in [0.25, 0.3) is 0 Å². The maximum absolute atomic E-state index is 8.27. The summed E-state index contributed by atoms with van der Waals surface area (Å²) in [6.07, 6.45) is 12.7. The first kappa shape index (κ1) is 12.5. The Labute approximate surface area is 86.4 Å². The third kappa shape index (κ3) is 10.5. The van der Waals surface area contributed by atoms with Gasteiger partial charge in [-0.2, -0.15) is 5.26 Å². The Morgan fingerprint density at radius 1 is 1.00 bits per heavy atom. The van der Waals surface area contributed by atoms with Gasteiger partial charge >= 0.3 is 0 Å². The van der Waals surface area contributed by atoms with Gasteiger partial charge in [-0.1, -0.05) is 24.3 Å². The SMILES string of the molecule is [C-]#[N+]CCC=CCCC=CCCC#N. The van der Waals surface area contributed by atoms with Crippen LogP contribution in [0, 0.1) is 17.9 Å². The van der Waals surface area contributed by atoms with Crippen LogP contribution in [-0.4, -0.2) is 6.54 Å². The summed E-state index contributed by atoms with van der Waals surface area (Å²) in [5.41, 5.74) is 0. The van der Waals surface area contributed by atoms with E-state index in [9.17, 15) is 0 Å². The first-order chi connectivity index (χ1) is 6.91. The zero-order chi connectivity index (χ0) is 10.5. The van der Waals surface area contributed by atoms with Crippen molar-refractivity contribution in [3.63, 3.8) is 0 Å². The molecule has 0 amide bonds. The summed E-state index contributed by atoms with van der Waals surface area (Å²) in [6, 6.07) is 2.10. The molecule has 0 unspecified atom stereocenters. The monoisotopic (exact) mass is 188 g/mol. The minimum absolute atomic E-state index is 0.592. The zero-order valence-corrected chi connectivity index (χ0v) is 8.45. The van der Waals surface area contributed by atoms with Crippen molar-refractivity contribution in [2.45, 2.75) is 32.1 Å². The molecule has 0 aliphatic heterocycles. The molecule has 0 aromatic carbocycles. The van der Waals surface area contributed by atoms with Gasteiger partial charge in [-0.25, -0.2) is 6.57 Å². The number of rotatable bonds is 7. The molecule has 0 rings (SSSR count). The maximum Gasteiger partial charge on any atom is 0.218 e. The fourth-order valence-electron chi connectivity index (χ4n) is 0.951. The predicted molar refractivity (Wildman–Crippen MR) is 58.4 cm³/mol. The van der Waals surface area contributed by atoms with Crippen LogP contribution in [0.15, 0.2) is 24.3 Å². The van der Waals surface area contributed by atoms with Gasteiger partial charge in [0.05, 0.1) is 6.07 Å². The van der Waals surface area contributed by atoms with Gasteiger partial charge in [0.15, 0.2) is 0 Å². The third-order valence-corrected chi connectivity index (χ3v) is 1.66. The van der Waals surface area contributed by atoms with Crippen molar-refractivity contribution < 1.29 is 0 Å². The van der Waals surface area contributed by atoms with Crippen LogP contribution in [0.2, 0.25) is 0 Å². The van der Waals surface area contributed by atoms with E-state index in [1.165, 1.54) is 0 Å². The number of nitrogens with zero attached hydrogens (tertiary/aromatic N) is 2. The summed E-state index contributed by atoms with van der Waals surface area (Å²) < 4.78 is 0. The molecule has 0 fully saturated rings. The highest BCUT2D eigenvalue weighted by atomic mass is 14.6. The lowest BCUT2D eigenvalue weighted by atomic mass is 10.2. The standard InChI is InChI=1S/C12H16N2/c1-14-12-10-8-6-4-2-3-5-7-9-11-13/h3,5-6,8H,2,4,7,9-10,12H2. The molecule has 0 aliphatic carbocycles. The lowest BCUT2D eigenvalue weighted by Crippen LogP contribution is -1.71. The molecule has 0 radical (unpaired) electrons. The molecule has 14 heavy (non-hydrogen) atoms. The van der Waals surface area contributed by atoms with Crippen LogP contribution in [0.4, 0.5) is 0 Å². The first-order valence-corrected chi connectivity index (χ1v) is 4.92. The zero-order valence-electron chi connectivity index (χ0n) is 8.45. The lowest BCUT2D eigenvalue weighted by Gasteiger charge is -1.86. The van der Waals surface area contributed by atoms with E-state index in [0.29, 0.717) is 13.0 Å². The van der Waals surface area contributed by atoms with Gasteiger partial charge in [-0.15, -0.1) is 0 Å². The lowest BCUT2D eigenvalue weighted by molar-refractivity contribution is 1.000. The van der Waals surface area contributed by atoms with Crippen LogP contribution < -0.4 is 0 Å². The molecule has 0 saturated heterocycles. The molecule has 0 saturated carbocycles. The molecular formula is C12H16N2. The number of unbranched alkanes of at least 4 members (excludes halogenated alkanes) is 2. The van der Waals surface area contributed by atoms with Crippen molar-refractivity contribution in [3.05, 3.63) is 35.7 Å². The molecule has 74 valence electrons. The summed E-state index contributed by atoms with van der Waals surface area (Å²) in [6.45, 7) is 7.16. The van der Waals surface area contributed by atoms with Crippen molar-refractivity contribution in [2.24, 2.45) is 0 Å². The molecule has 0 aliphatic rings. The van der Waals surface area contributed by atoms with Gasteiger partial charge < -0.3 is 4.85 Å². The average molecular weight is 188 g/mol. The van der Waals surface area contributed by atoms with Crippen LogP contribution in [0.1, 0.15) is 32.1 Å². The Balaban J connectivity index is 3.21. The van der Waals surface area contributed by atoms with Crippen molar-refractivity contribution in [1.29, 1.82) is 5.26 Å². The fourth-order valence-corrected chi connectivity index (χ4v) is 0.951.